The maximum absolute atomic E-state index is 6.15. The van der Waals surface area contributed by atoms with Crippen molar-refractivity contribution in [1.82, 2.24) is 20.2 Å². The average molecular weight is 462 g/mol. The summed E-state index contributed by atoms with van der Waals surface area (Å²) in [5, 5.41) is 7.37. The van der Waals surface area contributed by atoms with E-state index in [2.05, 4.69) is 25.2 Å². The number of nitrogens with zero attached hydrogens (tertiary/aromatic N) is 3. The Morgan fingerprint density at radius 3 is 2.71 bits per heavy atom. The molecule has 5 nitrogen and oxygen atoms in total. The largest absolute Gasteiger partial charge is 0.356 e. The maximum Gasteiger partial charge on any atom is 0.191 e. The predicted octanol–water partition coefficient (Wildman–Crippen LogP) is 3.61. The van der Waals surface area contributed by atoms with Gasteiger partial charge < -0.3 is 15.2 Å². The van der Waals surface area contributed by atoms with Crippen LogP contribution in [0.1, 0.15) is 24.2 Å². The molecule has 0 unspecified atom stereocenters. The molecule has 24 heavy (non-hydrogen) atoms. The number of aryl methyl sites for hydroxylation is 2. The van der Waals surface area contributed by atoms with Crippen LogP contribution in [-0.2, 0) is 13.1 Å². The van der Waals surface area contributed by atoms with Crippen LogP contribution < -0.4 is 10.6 Å². The summed E-state index contributed by atoms with van der Waals surface area (Å²) in [6.07, 6.45) is 6.04. The lowest BCUT2D eigenvalue weighted by atomic mass is 10.2. The zero-order chi connectivity index (χ0) is 16.5. The number of imidazole rings is 1. The summed E-state index contributed by atoms with van der Waals surface area (Å²) < 4.78 is 2.17. The molecular formula is C17H25ClIN5. The molecule has 0 amide bonds. The summed E-state index contributed by atoms with van der Waals surface area (Å²) in [5.41, 5.74) is 1.06. The molecule has 0 radical (unpaired) electrons. The Labute approximate surface area is 165 Å². The van der Waals surface area contributed by atoms with Gasteiger partial charge in [0.15, 0.2) is 5.96 Å². The highest BCUT2D eigenvalue weighted by atomic mass is 127. The second kappa shape index (κ2) is 11.3. The fourth-order valence-corrected chi connectivity index (χ4v) is 2.50. The molecule has 0 aliphatic heterocycles. The highest BCUT2D eigenvalue weighted by Crippen LogP contribution is 2.14. The summed E-state index contributed by atoms with van der Waals surface area (Å²) in [5.74, 6) is 1.86. The van der Waals surface area contributed by atoms with Gasteiger partial charge in [-0.15, -0.1) is 24.0 Å². The number of halogens is 2. The first-order chi connectivity index (χ1) is 11.2. The van der Waals surface area contributed by atoms with Gasteiger partial charge in [-0.2, -0.15) is 0 Å². The molecule has 0 aliphatic rings. The lowest BCUT2D eigenvalue weighted by Crippen LogP contribution is -2.37. The van der Waals surface area contributed by atoms with Crippen LogP contribution in [0.25, 0.3) is 0 Å². The molecule has 0 fully saturated rings. The zero-order valence-corrected chi connectivity index (χ0v) is 17.2. The standard InChI is InChI=1S/C17H24ClN5.HI/c1-14-20-10-12-23(14)11-6-5-9-21-17(19-2)22-13-15-7-3-4-8-16(15)18;/h3-4,7-8,10,12H,5-6,9,11,13H2,1-2H3,(H2,19,21,22);1H. The minimum atomic E-state index is 0. The van der Waals surface area contributed by atoms with Gasteiger partial charge in [-0.3, -0.25) is 4.99 Å². The molecule has 0 saturated carbocycles. The van der Waals surface area contributed by atoms with Crippen molar-refractivity contribution >= 4 is 41.5 Å². The van der Waals surface area contributed by atoms with E-state index in [9.17, 15) is 0 Å². The topological polar surface area (TPSA) is 54.2 Å². The highest BCUT2D eigenvalue weighted by Gasteiger charge is 2.01. The van der Waals surface area contributed by atoms with E-state index < -0.39 is 0 Å². The van der Waals surface area contributed by atoms with Crippen LogP contribution >= 0.6 is 35.6 Å². The second-order valence-electron chi connectivity index (χ2n) is 5.32. The Balaban J connectivity index is 0.00000288. The van der Waals surface area contributed by atoms with E-state index in [1.807, 2.05) is 43.6 Å². The molecule has 2 N–H and O–H groups in total. The van der Waals surface area contributed by atoms with Crippen molar-refractivity contribution in [3.8, 4) is 0 Å². The van der Waals surface area contributed by atoms with Crippen molar-refractivity contribution in [2.24, 2.45) is 4.99 Å². The fraction of sp³-hybridized carbons (Fsp3) is 0.412. The molecule has 2 rings (SSSR count). The summed E-state index contributed by atoms with van der Waals surface area (Å²) in [7, 11) is 1.77. The van der Waals surface area contributed by atoms with Crippen LogP contribution in [0, 0.1) is 6.92 Å². The first-order valence-corrected chi connectivity index (χ1v) is 8.24. The van der Waals surface area contributed by atoms with Crippen LogP contribution in [-0.4, -0.2) is 29.1 Å². The first-order valence-electron chi connectivity index (χ1n) is 7.86. The molecule has 0 bridgehead atoms. The molecule has 0 spiro atoms. The molecule has 132 valence electrons. The fourth-order valence-electron chi connectivity index (χ4n) is 2.30. The molecule has 2 aromatic rings. The maximum atomic E-state index is 6.15. The number of benzene rings is 1. The number of aliphatic imine (C=N–C) groups is 1. The van der Waals surface area contributed by atoms with Crippen molar-refractivity contribution in [3.63, 3.8) is 0 Å². The average Bonchev–Trinajstić information content (AvgIpc) is 2.96. The predicted molar refractivity (Wildman–Crippen MR) is 111 cm³/mol. The molecule has 1 heterocycles. The van der Waals surface area contributed by atoms with Gasteiger partial charge in [-0.1, -0.05) is 29.8 Å². The van der Waals surface area contributed by atoms with Crippen molar-refractivity contribution in [3.05, 3.63) is 53.1 Å². The lowest BCUT2D eigenvalue weighted by Gasteiger charge is -2.12. The van der Waals surface area contributed by atoms with Gasteiger partial charge in [-0.05, 0) is 31.4 Å². The van der Waals surface area contributed by atoms with Crippen molar-refractivity contribution < 1.29 is 0 Å². The van der Waals surface area contributed by atoms with Gasteiger partial charge in [0.05, 0.1) is 0 Å². The number of hydrogen-bond donors (Lipinski definition) is 2. The monoisotopic (exact) mass is 461 g/mol. The molecule has 0 aliphatic carbocycles. The Morgan fingerprint density at radius 2 is 2.04 bits per heavy atom. The van der Waals surface area contributed by atoms with Crippen molar-refractivity contribution in [2.75, 3.05) is 13.6 Å². The minimum Gasteiger partial charge on any atom is -0.356 e. The minimum absolute atomic E-state index is 0. The van der Waals surface area contributed by atoms with E-state index in [-0.39, 0.29) is 24.0 Å². The van der Waals surface area contributed by atoms with E-state index in [0.29, 0.717) is 6.54 Å². The van der Waals surface area contributed by atoms with E-state index >= 15 is 0 Å². The summed E-state index contributed by atoms with van der Waals surface area (Å²) in [6.45, 7) is 4.57. The first kappa shape index (κ1) is 20.8. The molecule has 7 heteroatoms. The van der Waals surface area contributed by atoms with E-state index in [1.54, 1.807) is 7.05 Å². The number of hydrogen-bond acceptors (Lipinski definition) is 2. The van der Waals surface area contributed by atoms with E-state index in [1.165, 1.54) is 0 Å². The van der Waals surface area contributed by atoms with Crippen LogP contribution in [0.5, 0.6) is 0 Å². The third-order valence-electron chi connectivity index (χ3n) is 3.67. The summed E-state index contributed by atoms with van der Waals surface area (Å²) >= 11 is 6.15. The molecule has 0 saturated heterocycles. The second-order valence-corrected chi connectivity index (χ2v) is 5.73. The zero-order valence-electron chi connectivity index (χ0n) is 14.1. The van der Waals surface area contributed by atoms with Gasteiger partial charge >= 0.3 is 0 Å². The van der Waals surface area contributed by atoms with Crippen LogP contribution in [0.4, 0.5) is 0 Å². The normalized spacial score (nSPS) is 11.0. The number of rotatable bonds is 7. The number of guanidine groups is 1. The number of nitrogens with one attached hydrogen (secondary N) is 2. The molecule has 1 aromatic heterocycles. The van der Waals surface area contributed by atoms with Gasteiger partial charge in [-0.25, -0.2) is 4.98 Å². The summed E-state index contributed by atoms with van der Waals surface area (Å²) in [6, 6.07) is 7.82. The van der Waals surface area contributed by atoms with Gasteiger partial charge in [0.25, 0.3) is 0 Å². The number of aromatic nitrogens is 2. The van der Waals surface area contributed by atoms with Crippen LogP contribution in [0.2, 0.25) is 5.02 Å². The third-order valence-corrected chi connectivity index (χ3v) is 4.04. The Kier molecular flexibility index (Phi) is 9.78. The van der Waals surface area contributed by atoms with Crippen LogP contribution in [0.3, 0.4) is 0 Å². The lowest BCUT2D eigenvalue weighted by molar-refractivity contribution is 0.588. The molecule has 1 aromatic carbocycles. The summed E-state index contributed by atoms with van der Waals surface area (Å²) in [4.78, 5) is 8.46. The Hall–Kier alpha value is -1.28. The van der Waals surface area contributed by atoms with E-state index in [0.717, 1.165) is 48.3 Å². The number of unbranched alkanes of at least 4 members (excludes halogenated alkanes) is 1. The van der Waals surface area contributed by atoms with Crippen molar-refractivity contribution in [1.29, 1.82) is 0 Å². The molecular weight excluding hydrogens is 437 g/mol. The smallest absolute Gasteiger partial charge is 0.191 e. The van der Waals surface area contributed by atoms with Gasteiger partial charge in [0, 0.05) is 44.1 Å². The molecule has 0 atom stereocenters. The highest BCUT2D eigenvalue weighted by molar-refractivity contribution is 14.0. The quantitative estimate of drug-likeness (QED) is 0.287. The third kappa shape index (κ3) is 6.68. The van der Waals surface area contributed by atoms with Crippen LogP contribution in [0.15, 0.2) is 41.7 Å². The van der Waals surface area contributed by atoms with Crippen molar-refractivity contribution in [2.45, 2.75) is 32.9 Å². The Morgan fingerprint density at radius 1 is 1.25 bits per heavy atom. The Bertz CT molecular complexity index is 641. The SMILES string of the molecule is CN=C(NCCCCn1ccnc1C)NCc1ccccc1Cl.I. The van der Waals surface area contributed by atoms with E-state index in [4.69, 9.17) is 11.6 Å². The van der Waals surface area contributed by atoms with Gasteiger partial charge in [0.1, 0.15) is 5.82 Å². The van der Waals surface area contributed by atoms with Gasteiger partial charge in [0.2, 0.25) is 0 Å².